The standard InChI is InChI=1S/C14H14BrNOS/c1-14(2,9-3-5-10(16)6-4-9)13(17)11-7-18-8-12(11)15/h3-8H,16H2,1-2H3. The number of benzene rings is 1. The van der Waals surface area contributed by atoms with Gasteiger partial charge in [0.05, 0.1) is 5.41 Å². The van der Waals surface area contributed by atoms with Crippen LogP contribution in [-0.4, -0.2) is 5.78 Å². The minimum Gasteiger partial charge on any atom is -0.399 e. The predicted molar refractivity (Wildman–Crippen MR) is 80.2 cm³/mol. The minimum atomic E-state index is -0.558. The Kier molecular flexibility index (Phi) is 3.59. The highest BCUT2D eigenvalue weighted by Gasteiger charge is 2.32. The molecule has 94 valence electrons. The van der Waals surface area contributed by atoms with Gasteiger partial charge in [-0.2, -0.15) is 11.3 Å². The molecular formula is C14H14BrNOS. The van der Waals surface area contributed by atoms with E-state index in [2.05, 4.69) is 15.9 Å². The molecule has 0 saturated carbocycles. The van der Waals surface area contributed by atoms with Crippen LogP contribution in [0.3, 0.4) is 0 Å². The van der Waals surface area contributed by atoms with Crippen LogP contribution in [-0.2, 0) is 5.41 Å². The molecule has 1 heterocycles. The number of hydrogen-bond acceptors (Lipinski definition) is 3. The largest absolute Gasteiger partial charge is 0.399 e. The molecule has 0 saturated heterocycles. The second kappa shape index (κ2) is 4.86. The van der Waals surface area contributed by atoms with E-state index in [0.29, 0.717) is 5.69 Å². The van der Waals surface area contributed by atoms with Gasteiger partial charge in [0, 0.05) is 26.5 Å². The highest BCUT2D eigenvalue weighted by Crippen LogP contribution is 2.32. The maximum absolute atomic E-state index is 12.6. The number of nitrogens with two attached hydrogens (primary N) is 1. The number of ketones is 1. The predicted octanol–water partition coefficient (Wildman–Crippen LogP) is 4.25. The van der Waals surface area contributed by atoms with Gasteiger partial charge in [0.1, 0.15) is 0 Å². The lowest BCUT2D eigenvalue weighted by molar-refractivity contribution is 0.0908. The third-order valence-electron chi connectivity index (χ3n) is 3.06. The topological polar surface area (TPSA) is 43.1 Å². The number of Topliss-reactive ketones (excluding diaryl/α,β-unsaturated/α-hetero) is 1. The van der Waals surface area contributed by atoms with Crippen molar-refractivity contribution in [2.75, 3.05) is 5.73 Å². The Hall–Kier alpha value is -1.13. The minimum absolute atomic E-state index is 0.111. The molecule has 2 N–H and O–H groups in total. The fourth-order valence-corrected chi connectivity index (χ4v) is 3.27. The maximum Gasteiger partial charge on any atom is 0.174 e. The molecule has 0 unspecified atom stereocenters. The Morgan fingerprint density at radius 2 is 1.83 bits per heavy atom. The molecular weight excluding hydrogens is 310 g/mol. The monoisotopic (exact) mass is 323 g/mol. The van der Waals surface area contributed by atoms with Crippen molar-refractivity contribution in [2.45, 2.75) is 19.3 Å². The van der Waals surface area contributed by atoms with Crippen LogP contribution in [0.25, 0.3) is 0 Å². The number of hydrogen-bond donors (Lipinski definition) is 1. The molecule has 2 nitrogen and oxygen atoms in total. The van der Waals surface area contributed by atoms with E-state index in [9.17, 15) is 4.79 Å². The summed E-state index contributed by atoms with van der Waals surface area (Å²) >= 11 is 4.93. The van der Waals surface area contributed by atoms with Gasteiger partial charge < -0.3 is 5.73 Å². The van der Waals surface area contributed by atoms with Crippen molar-refractivity contribution < 1.29 is 4.79 Å². The molecule has 1 aromatic carbocycles. The normalized spacial score (nSPS) is 11.5. The van der Waals surface area contributed by atoms with E-state index in [-0.39, 0.29) is 5.78 Å². The van der Waals surface area contributed by atoms with Crippen molar-refractivity contribution >= 4 is 38.7 Å². The van der Waals surface area contributed by atoms with Gasteiger partial charge in [0.15, 0.2) is 5.78 Å². The van der Waals surface area contributed by atoms with Crippen LogP contribution in [0, 0.1) is 0 Å². The summed E-state index contributed by atoms with van der Waals surface area (Å²) in [7, 11) is 0. The summed E-state index contributed by atoms with van der Waals surface area (Å²) in [6.45, 7) is 3.87. The zero-order valence-corrected chi connectivity index (χ0v) is 12.6. The first-order valence-electron chi connectivity index (χ1n) is 5.55. The molecule has 0 spiro atoms. The van der Waals surface area contributed by atoms with E-state index < -0.39 is 5.41 Å². The number of nitrogen functional groups attached to an aromatic ring is 1. The van der Waals surface area contributed by atoms with E-state index in [4.69, 9.17) is 5.73 Å². The molecule has 0 atom stereocenters. The van der Waals surface area contributed by atoms with Gasteiger partial charge >= 0.3 is 0 Å². The Bertz CT molecular complexity index is 572. The number of carbonyl (C=O) groups excluding carboxylic acids is 1. The Labute approximate surface area is 119 Å². The lowest BCUT2D eigenvalue weighted by Crippen LogP contribution is -2.29. The summed E-state index contributed by atoms with van der Waals surface area (Å²) in [5.41, 5.74) is 7.53. The lowest BCUT2D eigenvalue weighted by Gasteiger charge is -2.23. The third kappa shape index (κ3) is 2.35. The number of anilines is 1. The van der Waals surface area contributed by atoms with Crippen molar-refractivity contribution in [3.8, 4) is 0 Å². The van der Waals surface area contributed by atoms with Crippen LogP contribution >= 0.6 is 27.3 Å². The summed E-state index contributed by atoms with van der Waals surface area (Å²) in [5, 5.41) is 3.80. The molecule has 4 heteroatoms. The quantitative estimate of drug-likeness (QED) is 0.677. The molecule has 0 aliphatic carbocycles. The van der Waals surface area contributed by atoms with Crippen LogP contribution < -0.4 is 5.73 Å². The number of carbonyl (C=O) groups is 1. The first-order chi connectivity index (χ1) is 8.43. The zero-order valence-electron chi connectivity index (χ0n) is 10.2. The van der Waals surface area contributed by atoms with Gasteiger partial charge in [-0.05, 0) is 47.5 Å². The van der Waals surface area contributed by atoms with Crippen molar-refractivity contribution in [2.24, 2.45) is 0 Å². The van der Waals surface area contributed by atoms with Crippen molar-refractivity contribution in [3.05, 3.63) is 50.6 Å². The molecule has 18 heavy (non-hydrogen) atoms. The molecule has 0 fully saturated rings. The van der Waals surface area contributed by atoms with Crippen LogP contribution in [0.1, 0.15) is 29.8 Å². The second-order valence-corrected chi connectivity index (χ2v) is 6.31. The number of thiophene rings is 1. The van der Waals surface area contributed by atoms with Gasteiger partial charge in [0.25, 0.3) is 0 Å². The average molecular weight is 324 g/mol. The molecule has 0 aliphatic rings. The molecule has 0 amide bonds. The van der Waals surface area contributed by atoms with Gasteiger partial charge in [0.2, 0.25) is 0 Å². The summed E-state index contributed by atoms with van der Waals surface area (Å²) in [4.78, 5) is 12.6. The lowest BCUT2D eigenvalue weighted by atomic mass is 9.78. The smallest absolute Gasteiger partial charge is 0.174 e. The second-order valence-electron chi connectivity index (χ2n) is 4.71. The molecule has 1 aromatic heterocycles. The van der Waals surface area contributed by atoms with Gasteiger partial charge in [-0.15, -0.1) is 0 Å². The number of rotatable bonds is 3. The highest BCUT2D eigenvalue weighted by molar-refractivity contribution is 9.10. The SMILES string of the molecule is CC(C)(C(=O)c1cscc1Br)c1ccc(N)cc1. The van der Waals surface area contributed by atoms with Crippen LogP contribution in [0.15, 0.2) is 39.5 Å². The molecule has 0 radical (unpaired) electrons. The first-order valence-corrected chi connectivity index (χ1v) is 7.29. The van der Waals surface area contributed by atoms with Gasteiger partial charge in [-0.1, -0.05) is 12.1 Å². The molecule has 0 aliphatic heterocycles. The molecule has 0 bridgehead atoms. The Balaban J connectivity index is 2.39. The fourth-order valence-electron chi connectivity index (χ4n) is 1.81. The van der Waals surface area contributed by atoms with Crippen LogP contribution in [0.5, 0.6) is 0 Å². The highest BCUT2D eigenvalue weighted by atomic mass is 79.9. The number of halogens is 1. The summed E-state index contributed by atoms with van der Waals surface area (Å²) in [5.74, 6) is 0.111. The Morgan fingerprint density at radius 3 is 2.33 bits per heavy atom. The fraction of sp³-hybridized carbons (Fsp3) is 0.214. The van der Waals surface area contributed by atoms with Gasteiger partial charge in [-0.25, -0.2) is 0 Å². The van der Waals surface area contributed by atoms with E-state index in [1.165, 1.54) is 11.3 Å². The third-order valence-corrected chi connectivity index (χ3v) is 4.76. The average Bonchev–Trinajstić information content (AvgIpc) is 2.75. The summed E-state index contributed by atoms with van der Waals surface area (Å²) in [6.07, 6.45) is 0. The van der Waals surface area contributed by atoms with Crippen molar-refractivity contribution in [3.63, 3.8) is 0 Å². The van der Waals surface area contributed by atoms with Gasteiger partial charge in [-0.3, -0.25) is 4.79 Å². The van der Waals surface area contributed by atoms with Crippen LogP contribution in [0.2, 0.25) is 0 Å². The molecule has 2 rings (SSSR count). The van der Waals surface area contributed by atoms with E-state index in [0.717, 1.165) is 15.6 Å². The van der Waals surface area contributed by atoms with Crippen molar-refractivity contribution in [1.82, 2.24) is 0 Å². The van der Waals surface area contributed by atoms with E-state index in [1.807, 2.05) is 48.9 Å². The first kappa shape index (κ1) is 13.3. The molecule has 2 aromatic rings. The summed E-state index contributed by atoms with van der Waals surface area (Å²) < 4.78 is 0.862. The Morgan fingerprint density at radius 1 is 1.22 bits per heavy atom. The summed E-state index contributed by atoms with van der Waals surface area (Å²) in [6, 6.07) is 7.47. The maximum atomic E-state index is 12.6. The van der Waals surface area contributed by atoms with Crippen LogP contribution in [0.4, 0.5) is 5.69 Å². The van der Waals surface area contributed by atoms with E-state index in [1.54, 1.807) is 0 Å². The zero-order chi connectivity index (χ0) is 13.3. The van der Waals surface area contributed by atoms with Crippen molar-refractivity contribution in [1.29, 1.82) is 0 Å². The van der Waals surface area contributed by atoms with E-state index >= 15 is 0 Å².